The number of benzene rings is 1. The fourth-order valence-electron chi connectivity index (χ4n) is 2.38. The lowest BCUT2D eigenvalue weighted by atomic mass is 10.1. The third kappa shape index (κ3) is 2.65. The quantitative estimate of drug-likeness (QED) is 0.823. The Morgan fingerprint density at radius 2 is 2.00 bits per heavy atom. The van der Waals surface area contributed by atoms with Gasteiger partial charge in [-0.1, -0.05) is 30.3 Å². The van der Waals surface area contributed by atoms with Crippen LogP contribution in [0.5, 0.6) is 0 Å². The Labute approximate surface area is 112 Å². The van der Waals surface area contributed by atoms with Crippen molar-refractivity contribution in [2.24, 2.45) is 4.99 Å². The van der Waals surface area contributed by atoms with Crippen LogP contribution in [0, 0.1) is 0 Å². The summed E-state index contributed by atoms with van der Waals surface area (Å²) in [4.78, 5) is 16.2. The van der Waals surface area contributed by atoms with E-state index < -0.39 is 0 Å². The van der Waals surface area contributed by atoms with Crippen LogP contribution in [0.3, 0.4) is 0 Å². The van der Waals surface area contributed by atoms with Crippen molar-refractivity contribution in [3.63, 3.8) is 0 Å². The molecule has 3 nitrogen and oxygen atoms in total. The molecule has 0 saturated heterocycles. The van der Waals surface area contributed by atoms with Crippen LogP contribution in [-0.4, -0.2) is 17.3 Å². The summed E-state index contributed by atoms with van der Waals surface area (Å²) in [6, 6.07) is 12.0. The highest BCUT2D eigenvalue weighted by molar-refractivity contribution is 5.77. The molecule has 1 aromatic carbocycles. The largest absolute Gasteiger partial charge is 0.344 e. The van der Waals surface area contributed by atoms with Crippen molar-refractivity contribution in [1.29, 1.82) is 0 Å². The summed E-state index contributed by atoms with van der Waals surface area (Å²) in [5.74, 6) is 0. The number of pyridine rings is 1. The number of hydrogen-bond acceptors (Lipinski definition) is 2. The number of aliphatic imine (C=N–C) groups is 1. The lowest BCUT2D eigenvalue weighted by molar-refractivity contribution is 0.675. The van der Waals surface area contributed by atoms with Crippen LogP contribution in [-0.2, 0) is 19.4 Å². The van der Waals surface area contributed by atoms with Crippen LogP contribution >= 0.6 is 0 Å². The molecule has 0 unspecified atom stereocenters. The van der Waals surface area contributed by atoms with Gasteiger partial charge in [0.15, 0.2) is 5.43 Å². The third-order valence-corrected chi connectivity index (χ3v) is 3.46. The summed E-state index contributed by atoms with van der Waals surface area (Å²) < 4.78 is 2.12. The fourth-order valence-corrected chi connectivity index (χ4v) is 2.38. The molecule has 0 atom stereocenters. The molecule has 1 aliphatic rings. The molecule has 19 heavy (non-hydrogen) atoms. The molecule has 2 heterocycles. The topological polar surface area (TPSA) is 34.4 Å². The van der Waals surface area contributed by atoms with Crippen LogP contribution in [0.1, 0.15) is 16.8 Å². The minimum Gasteiger partial charge on any atom is -0.344 e. The van der Waals surface area contributed by atoms with Gasteiger partial charge in [0.2, 0.25) is 0 Å². The highest BCUT2D eigenvalue weighted by atomic mass is 16.1. The van der Waals surface area contributed by atoms with Gasteiger partial charge in [0, 0.05) is 30.6 Å². The van der Waals surface area contributed by atoms with Crippen molar-refractivity contribution in [3.05, 3.63) is 69.6 Å². The van der Waals surface area contributed by atoms with Crippen LogP contribution in [0.25, 0.3) is 0 Å². The number of hydrogen-bond donors (Lipinski definition) is 0. The van der Waals surface area contributed by atoms with E-state index in [1.807, 2.05) is 24.4 Å². The second-order valence-corrected chi connectivity index (χ2v) is 4.80. The first-order valence-corrected chi connectivity index (χ1v) is 6.60. The van der Waals surface area contributed by atoms with Crippen molar-refractivity contribution < 1.29 is 0 Å². The van der Waals surface area contributed by atoms with Gasteiger partial charge in [-0.3, -0.25) is 9.79 Å². The molecular weight excluding hydrogens is 236 g/mol. The van der Waals surface area contributed by atoms with E-state index in [1.54, 1.807) is 12.3 Å². The van der Waals surface area contributed by atoms with E-state index in [4.69, 9.17) is 0 Å². The lowest BCUT2D eigenvalue weighted by Gasteiger charge is -2.14. The molecule has 96 valence electrons. The van der Waals surface area contributed by atoms with E-state index in [0.717, 1.165) is 37.2 Å². The monoisotopic (exact) mass is 252 g/mol. The zero-order valence-corrected chi connectivity index (χ0v) is 10.7. The van der Waals surface area contributed by atoms with Crippen molar-refractivity contribution in [1.82, 2.24) is 4.57 Å². The van der Waals surface area contributed by atoms with Gasteiger partial charge in [-0.2, -0.15) is 0 Å². The predicted molar refractivity (Wildman–Crippen MR) is 77.0 cm³/mol. The summed E-state index contributed by atoms with van der Waals surface area (Å²) in [5.41, 5.74) is 3.20. The number of rotatable bonds is 3. The lowest BCUT2D eigenvalue weighted by Crippen LogP contribution is -2.20. The standard InChI is InChI=1S/C16H16N2O/c19-16-10-15-11-17-8-9-18(15)12-14(16)7-6-13-4-2-1-3-5-13/h1-5,10-12H,6-9H2. The molecule has 1 aliphatic heterocycles. The Kier molecular flexibility index (Phi) is 3.27. The maximum absolute atomic E-state index is 12.0. The summed E-state index contributed by atoms with van der Waals surface area (Å²) in [7, 11) is 0. The van der Waals surface area contributed by atoms with Gasteiger partial charge in [-0.05, 0) is 18.4 Å². The minimum absolute atomic E-state index is 0.121. The molecule has 0 N–H and O–H groups in total. The zero-order chi connectivity index (χ0) is 13.1. The second-order valence-electron chi connectivity index (χ2n) is 4.80. The minimum atomic E-state index is 0.121. The van der Waals surface area contributed by atoms with Crippen LogP contribution < -0.4 is 5.43 Å². The number of nitrogens with zero attached hydrogens (tertiary/aromatic N) is 2. The summed E-state index contributed by atoms with van der Waals surface area (Å²) in [6.07, 6.45) is 5.47. The van der Waals surface area contributed by atoms with E-state index >= 15 is 0 Å². The van der Waals surface area contributed by atoms with Crippen molar-refractivity contribution in [3.8, 4) is 0 Å². The Hall–Kier alpha value is -2.16. The van der Waals surface area contributed by atoms with Gasteiger partial charge in [0.25, 0.3) is 0 Å². The van der Waals surface area contributed by atoms with Gasteiger partial charge in [0.05, 0.1) is 12.2 Å². The second kappa shape index (κ2) is 5.22. The maximum atomic E-state index is 12.0. The molecular formula is C16H16N2O. The van der Waals surface area contributed by atoms with Gasteiger partial charge >= 0.3 is 0 Å². The molecule has 0 fully saturated rings. The van der Waals surface area contributed by atoms with Gasteiger partial charge < -0.3 is 4.57 Å². The van der Waals surface area contributed by atoms with Crippen molar-refractivity contribution in [2.45, 2.75) is 19.4 Å². The number of aryl methyl sites for hydroxylation is 2. The normalized spacial score (nSPS) is 13.3. The van der Waals surface area contributed by atoms with Gasteiger partial charge in [-0.25, -0.2) is 0 Å². The molecule has 0 aliphatic carbocycles. The Balaban J connectivity index is 1.82. The average molecular weight is 252 g/mol. The summed E-state index contributed by atoms with van der Waals surface area (Å²) in [6.45, 7) is 1.67. The molecule has 0 amide bonds. The SMILES string of the molecule is O=c1cc2n(cc1CCc1ccccc1)CCN=C2. The molecule has 0 spiro atoms. The number of aromatic nitrogens is 1. The first-order valence-electron chi connectivity index (χ1n) is 6.60. The Morgan fingerprint density at radius 3 is 2.84 bits per heavy atom. The van der Waals surface area contributed by atoms with Crippen molar-refractivity contribution in [2.75, 3.05) is 6.54 Å². The highest BCUT2D eigenvalue weighted by Gasteiger charge is 2.08. The maximum Gasteiger partial charge on any atom is 0.185 e. The van der Waals surface area contributed by atoms with E-state index in [9.17, 15) is 4.79 Å². The highest BCUT2D eigenvalue weighted by Crippen LogP contribution is 2.07. The first kappa shape index (κ1) is 11.9. The smallest absolute Gasteiger partial charge is 0.185 e. The first-order chi connectivity index (χ1) is 9.33. The molecule has 0 radical (unpaired) electrons. The molecule has 3 rings (SSSR count). The molecule has 3 heteroatoms. The van der Waals surface area contributed by atoms with Crippen molar-refractivity contribution >= 4 is 6.21 Å². The fraction of sp³-hybridized carbons (Fsp3) is 0.250. The van der Waals surface area contributed by atoms with Crippen LogP contribution in [0.15, 0.2) is 52.4 Å². The number of fused-ring (bicyclic) bond motifs is 1. The van der Waals surface area contributed by atoms with Gasteiger partial charge in [-0.15, -0.1) is 0 Å². The predicted octanol–water partition coefficient (Wildman–Crippen LogP) is 2.07. The van der Waals surface area contributed by atoms with Crippen LogP contribution in [0.2, 0.25) is 0 Å². The summed E-state index contributed by atoms with van der Waals surface area (Å²) >= 11 is 0. The van der Waals surface area contributed by atoms with Crippen LogP contribution in [0.4, 0.5) is 0 Å². The van der Waals surface area contributed by atoms with E-state index in [-0.39, 0.29) is 5.43 Å². The van der Waals surface area contributed by atoms with E-state index in [0.29, 0.717) is 0 Å². The average Bonchev–Trinajstić information content (AvgIpc) is 2.46. The van der Waals surface area contributed by atoms with E-state index in [2.05, 4.69) is 21.7 Å². The Bertz CT molecular complexity index is 656. The molecule has 2 aromatic rings. The van der Waals surface area contributed by atoms with Gasteiger partial charge in [0.1, 0.15) is 0 Å². The zero-order valence-electron chi connectivity index (χ0n) is 10.7. The molecule has 0 bridgehead atoms. The van der Waals surface area contributed by atoms with E-state index in [1.165, 1.54) is 5.56 Å². The molecule has 0 saturated carbocycles. The Morgan fingerprint density at radius 1 is 1.16 bits per heavy atom. The third-order valence-electron chi connectivity index (χ3n) is 3.46. The summed E-state index contributed by atoms with van der Waals surface area (Å²) in [5, 5.41) is 0. The molecule has 1 aromatic heterocycles.